The molecular formula is C31H38N2O4. The highest BCUT2D eigenvalue weighted by Gasteiger charge is 2.10. The summed E-state index contributed by atoms with van der Waals surface area (Å²) < 4.78 is 15.8. The van der Waals surface area contributed by atoms with Crippen molar-refractivity contribution in [1.82, 2.24) is 0 Å². The van der Waals surface area contributed by atoms with Crippen molar-refractivity contribution in [3.8, 4) is 48.3 Å². The number of hydrogen-bond donors (Lipinski definition) is 1. The number of phenols is 1. The normalized spacial score (nSPS) is 9.22. The van der Waals surface area contributed by atoms with Gasteiger partial charge in [-0.25, -0.2) is 0 Å². The lowest BCUT2D eigenvalue weighted by molar-refractivity contribution is 0.179. The van der Waals surface area contributed by atoms with Crippen molar-refractivity contribution >= 4 is 0 Å². The molecule has 0 saturated heterocycles. The van der Waals surface area contributed by atoms with Gasteiger partial charge in [-0.15, -0.1) is 24.7 Å². The van der Waals surface area contributed by atoms with E-state index in [1.54, 1.807) is 39.3 Å². The zero-order valence-electron chi connectivity index (χ0n) is 22.7. The summed E-state index contributed by atoms with van der Waals surface area (Å²) in [6.45, 7) is 7.15. The Morgan fingerprint density at radius 2 is 1.32 bits per heavy atom. The smallest absolute Gasteiger partial charge is 0.127 e. The predicted octanol–water partition coefficient (Wildman–Crippen LogP) is 6.33. The van der Waals surface area contributed by atoms with Gasteiger partial charge in [-0.2, -0.15) is 10.5 Å². The van der Waals surface area contributed by atoms with Crippen LogP contribution in [0.5, 0.6) is 11.5 Å². The standard InChI is InChI=1S/C15H17NO2.C10H11NO2.C6H10/c1-4-5-6-7-18-15-12(2)8-13(10-16)9-14(15)11-17-3;1-7-3-8(5-11)4-9(6-13-2)10(7)12;1-3-5-6-4-2/h1,8-9H,5-7,11H2,2-3H3;3-4,12H,6H2,1-2H3;1H,4-6H2,2H3. The highest BCUT2D eigenvalue weighted by atomic mass is 16.5. The number of terminal acetylenes is 2. The summed E-state index contributed by atoms with van der Waals surface area (Å²) in [5, 5.41) is 27.2. The van der Waals surface area contributed by atoms with E-state index in [1.807, 2.05) is 19.1 Å². The van der Waals surface area contributed by atoms with Gasteiger partial charge < -0.3 is 19.3 Å². The molecule has 2 aromatic carbocycles. The van der Waals surface area contributed by atoms with E-state index in [4.69, 9.17) is 37.6 Å². The number of ether oxygens (including phenoxy) is 3. The minimum absolute atomic E-state index is 0.209. The molecule has 6 nitrogen and oxygen atoms in total. The molecule has 1 N–H and O–H groups in total. The van der Waals surface area contributed by atoms with E-state index in [0.717, 1.165) is 29.7 Å². The van der Waals surface area contributed by atoms with Gasteiger partial charge in [0.15, 0.2) is 0 Å². The molecular weight excluding hydrogens is 464 g/mol. The first-order chi connectivity index (χ1) is 17.8. The lowest BCUT2D eigenvalue weighted by Gasteiger charge is -2.14. The second-order valence-corrected chi connectivity index (χ2v) is 8.14. The van der Waals surface area contributed by atoms with Gasteiger partial charge in [-0.3, -0.25) is 0 Å². The Morgan fingerprint density at radius 1 is 0.811 bits per heavy atom. The molecule has 37 heavy (non-hydrogen) atoms. The van der Waals surface area contributed by atoms with Gasteiger partial charge in [0.25, 0.3) is 0 Å². The Hall–Kier alpha value is -3.94. The van der Waals surface area contributed by atoms with Crippen LogP contribution in [-0.4, -0.2) is 25.9 Å². The number of aromatic hydroxyl groups is 1. The second kappa shape index (κ2) is 20.3. The van der Waals surface area contributed by atoms with Gasteiger partial charge in [0.05, 0.1) is 43.1 Å². The molecule has 0 saturated carbocycles. The van der Waals surface area contributed by atoms with E-state index in [9.17, 15) is 5.11 Å². The van der Waals surface area contributed by atoms with E-state index >= 15 is 0 Å². The van der Waals surface area contributed by atoms with Crippen LogP contribution in [0.25, 0.3) is 0 Å². The summed E-state index contributed by atoms with van der Waals surface area (Å²) in [5.74, 6) is 6.16. The molecule has 196 valence electrons. The van der Waals surface area contributed by atoms with Crippen LogP contribution in [-0.2, 0) is 22.7 Å². The molecule has 0 radical (unpaired) electrons. The Bertz CT molecular complexity index is 1130. The number of benzene rings is 2. The first kappa shape index (κ1) is 33.1. The van der Waals surface area contributed by atoms with Gasteiger partial charge in [-0.05, 0) is 62.1 Å². The molecule has 0 spiro atoms. The molecule has 0 aliphatic carbocycles. The van der Waals surface area contributed by atoms with Crippen molar-refractivity contribution in [3.63, 3.8) is 0 Å². The lowest BCUT2D eigenvalue weighted by atomic mass is 10.1. The van der Waals surface area contributed by atoms with Crippen molar-refractivity contribution in [2.24, 2.45) is 0 Å². The van der Waals surface area contributed by atoms with Crippen LogP contribution in [0.1, 0.15) is 72.4 Å². The third-order valence-electron chi connectivity index (χ3n) is 4.98. The first-order valence-corrected chi connectivity index (χ1v) is 12.1. The lowest BCUT2D eigenvalue weighted by Crippen LogP contribution is -2.03. The highest BCUT2D eigenvalue weighted by molar-refractivity contribution is 5.48. The molecule has 2 rings (SSSR count). The number of phenolic OH excluding ortho intramolecular Hbond substituents is 1. The van der Waals surface area contributed by atoms with Crippen molar-refractivity contribution in [2.45, 2.75) is 66.1 Å². The molecule has 0 heterocycles. The number of rotatable bonds is 10. The molecule has 0 unspecified atom stereocenters. The molecule has 6 heteroatoms. The van der Waals surface area contributed by atoms with Gasteiger partial charge in [0.1, 0.15) is 11.5 Å². The molecule has 0 bridgehead atoms. The molecule has 0 aliphatic heterocycles. The molecule has 0 amide bonds. The van der Waals surface area contributed by atoms with E-state index in [1.165, 1.54) is 12.8 Å². The maximum Gasteiger partial charge on any atom is 0.127 e. The number of nitrogens with zero attached hydrogens (tertiary/aromatic N) is 2. The SMILES string of the molecule is C#CCCCC.C#CCCCOc1c(C)cc(C#N)cc1COC.COCc1cc(C#N)cc(C)c1O. The van der Waals surface area contributed by atoms with Gasteiger partial charge in [-0.1, -0.05) is 13.3 Å². The summed E-state index contributed by atoms with van der Waals surface area (Å²) in [6.07, 6.45) is 15.0. The van der Waals surface area contributed by atoms with Crippen LogP contribution in [0.2, 0.25) is 0 Å². The quantitative estimate of drug-likeness (QED) is 0.301. The Balaban J connectivity index is 0.000000594. The first-order valence-electron chi connectivity index (χ1n) is 12.1. The van der Waals surface area contributed by atoms with Crippen LogP contribution < -0.4 is 4.74 Å². The maximum absolute atomic E-state index is 9.56. The van der Waals surface area contributed by atoms with Crippen molar-refractivity contribution in [2.75, 3.05) is 20.8 Å². The number of unbranched alkanes of at least 4 members (excludes halogenated alkanes) is 3. The number of nitriles is 2. The largest absolute Gasteiger partial charge is 0.507 e. The van der Waals surface area contributed by atoms with E-state index < -0.39 is 0 Å². The van der Waals surface area contributed by atoms with Gasteiger partial charge in [0.2, 0.25) is 0 Å². The number of aryl methyl sites for hydroxylation is 2. The topological polar surface area (TPSA) is 95.5 Å². The van der Waals surface area contributed by atoms with Crippen molar-refractivity contribution < 1.29 is 19.3 Å². The number of methoxy groups -OCH3 is 2. The van der Waals surface area contributed by atoms with Crippen LogP contribution >= 0.6 is 0 Å². The predicted molar refractivity (Wildman–Crippen MR) is 147 cm³/mol. The Morgan fingerprint density at radius 3 is 1.81 bits per heavy atom. The zero-order chi connectivity index (χ0) is 28.1. The van der Waals surface area contributed by atoms with Crippen LogP contribution in [0.15, 0.2) is 24.3 Å². The van der Waals surface area contributed by atoms with E-state index in [-0.39, 0.29) is 5.75 Å². The van der Waals surface area contributed by atoms with Crippen molar-refractivity contribution in [1.29, 1.82) is 10.5 Å². The molecule has 0 fully saturated rings. The average Bonchev–Trinajstić information content (AvgIpc) is 2.89. The van der Waals surface area contributed by atoms with Crippen LogP contribution in [0.3, 0.4) is 0 Å². The fourth-order valence-corrected chi connectivity index (χ4v) is 3.19. The van der Waals surface area contributed by atoms with Gasteiger partial charge >= 0.3 is 0 Å². The molecule has 0 aliphatic rings. The fourth-order valence-electron chi connectivity index (χ4n) is 3.19. The zero-order valence-corrected chi connectivity index (χ0v) is 22.7. The molecule has 0 atom stereocenters. The monoisotopic (exact) mass is 502 g/mol. The summed E-state index contributed by atoms with van der Waals surface area (Å²) in [7, 11) is 3.17. The van der Waals surface area contributed by atoms with Crippen LogP contribution in [0, 0.1) is 61.2 Å². The van der Waals surface area contributed by atoms with E-state index in [0.29, 0.717) is 48.5 Å². The maximum atomic E-state index is 9.56. The minimum Gasteiger partial charge on any atom is -0.507 e. The van der Waals surface area contributed by atoms with Crippen molar-refractivity contribution in [3.05, 3.63) is 57.6 Å². The van der Waals surface area contributed by atoms with E-state index in [2.05, 4.69) is 24.8 Å². The number of hydrogen-bond acceptors (Lipinski definition) is 6. The molecule has 2 aromatic rings. The Labute approximate surface area is 222 Å². The highest BCUT2D eigenvalue weighted by Crippen LogP contribution is 2.26. The summed E-state index contributed by atoms with van der Waals surface area (Å²) in [6, 6.07) is 11.1. The summed E-state index contributed by atoms with van der Waals surface area (Å²) >= 11 is 0. The summed E-state index contributed by atoms with van der Waals surface area (Å²) in [4.78, 5) is 0. The molecule has 0 aromatic heterocycles. The average molecular weight is 503 g/mol. The summed E-state index contributed by atoms with van der Waals surface area (Å²) in [5.41, 5.74) is 4.36. The third-order valence-corrected chi connectivity index (χ3v) is 4.98. The fraction of sp³-hybridized carbons (Fsp3) is 0.419. The van der Waals surface area contributed by atoms with Crippen LogP contribution in [0.4, 0.5) is 0 Å². The third kappa shape index (κ3) is 13.1. The second-order valence-electron chi connectivity index (χ2n) is 8.14. The van der Waals surface area contributed by atoms with Gasteiger partial charge in [0, 0.05) is 38.2 Å². The Kier molecular flexibility index (Phi) is 18.1. The minimum atomic E-state index is 0.209.